The van der Waals surface area contributed by atoms with E-state index >= 15 is 0 Å². The fourth-order valence-electron chi connectivity index (χ4n) is 1.97. The van der Waals surface area contributed by atoms with E-state index in [-0.39, 0.29) is 5.82 Å². The van der Waals surface area contributed by atoms with Gasteiger partial charge in [0.15, 0.2) is 0 Å². The van der Waals surface area contributed by atoms with Crippen molar-refractivity contribution in [3.05, 3.63) is 35.6 Å². The van der Waals surface area contributed by atoms with Crippen LogP contribution in [0.4, 0.5) is 4.39 Å². The standard InChI is InChI=1S/C13H18FNS/c14-13-3-1-11(2-4-13)9-15-10-12-5-7-16-8-6-12/h1-4,12,15H,5-10H2. The number of benzene rings is 1. The second kappa shape index (κ2) is 6.26. The van der Waals surface area contributed by atoms with Crippen molar-refractivity contribution in [1.29, 1.82) is 0 Å². The van der Waals surface area contributed by atoms with Crippen LogP contribution >= 0.6 is 11.8 Å². The zero-order valence-electron chi connectivity index (χ0n) is 9.42. The van der Waals surface area contributed by atoms with Gasteiger partial charge in [-0.05, 0) is 54.5 Å². The van der Waals surface area contributed by atoms with Crippen LogP contribution in [0.2, 0.25) is 0 Å². The Kier molecular flexibility index (Phi) is 4.67. The van der Waals surface area contributed by atoms with Crippen molar-refractivity contribution in [2.75, 3.05) is 18.1 Å². The van der Waals surface area contributed by atoms with Crippen molar-refractivity contribution < 1.29 is 4.39 Å². The maximum absolute atomic E-state index is 12.7. The summed E-state index contributed by atoms with van der Waals surface area (Å²) in [6.45, 7) is 1.95. The molecule has 1 nitrogen and oxygen atoms in total. The van der Waals surface area contributed by atoms with Gasteiger partial charge in [0.05, 0.1) is 0 Å². The van der Waals surface area contributed by atoms with E-state index in [1.807, 2.05) is 12.1 Å². The highest BCUT2D eigenvalue weighted by Gasteiger charge is 2.12. The molecule has 1 fully saturated rings. The average Bonchev–Trinajstić information content (AvgIpc) is 2.33. The molecular formula is C13H18FNS. The topological polar surface area (TPSA) is 12.0 Å². The van der Waals surface area contributed by atoms with Gasteiger partial charge in [-0.25, -0.2) is 4.39 Å². The first-order chi connectivity index (χ1) is 7.84. The first-order valence-electron chi connectivity index (χ1n) is 5.87. The first kappa shape index (κ1) is 11.9. The zero-order chi connectivity index (χ0) is 11.2. The molecule has 2 rings (SSSR count). The first-order valence-corrected chi connectivity index (χ1v) is 7.03. The van der Waals surface area contributed by atoms with Crippen LogP contribution in [0.25, 0.3) is 0 Å². The van der Waals surface area contributed by atoms with E-state index < -0.39 is 0 Å². The summed E-state index contributed by atoms with van der Waals surface area (Å²) in [6, 6.07) is 6.74. The van der Waals surface area contributed by atoms with Gasteiger partial charge in [0.2, 0.25) is 0 Å². The summed E-state index contributed by atoms with van der Waals surface area (Å²) in [7, 11) is 0. The number of hydrogen-bond donors (Lipinski definition) is 1. The smallest absolute Gasteiger partial charge is 0.123 e. The van der Waals surface area contributed by atoms with Crippen molar-refractivity contribution in [1.82, 2.24) is 5.32 Å². The molecule has 1 heterocycles. The minimum Gasteiger partial charge on any atom is -0.312 e. The van der Waals surface area contributed by atoms with Gasteiger partial charge in [-0.15, -0.1) is 0 Å². The molecule has 0 atom stereocenters. The van der Waals surface area contributed by atoms with Crippen LogP contribution in [0.15, 0.2) is 24.3 Å². The third-order valence-electron chi connectivity index (χ3n) is 3.02. The monoisotopic (exact) mass is 239 g/mol. The van der Waals surface area contributed by atoms with Gasteiger partial charge in [-0.2, -0.15) is 11.8 Å². The van der Waals surface area contributed by atoms with Crippen LogP contribution in [-0.4, -0.2) is 18.1 Å². The molecule has 1 aliphatic rings. The molecule has 0 aromatic heterocycles. The van der Waals surface area contributed by atoms with Crippen molar-refractivity contribution in [2.45, 2.75) is 19.4 Å². The Morgan fingerprint density at radius 3 is 2.56 bits per heavy atom. The molecule has 1 aliphatic heterocycles. The van der Waals surface area contributed by atoms with E-state index in [0.717, 1.165) is 24.6 Å². The van der Waals surface area contributed by atoms with E-state index in [1.165, 1.54) is 36.5 Å². The summed E-state index contributed by atoms with van der Waals surface area (Å²) in [5, 5.41) is 3.46. The minimum absolute atomic E-state index is 0.159. The lowest BCUT2D eigenvalue weighted by Crippen LogP contribution is -2.25. The van der Waals surface area contributed by atoms with Crippen LogP contribution in [-0.2, 0) is 6.54 Å². The fourth-order valence-corrected chi connectivity index (χ4v) is 3.18. The van der Waals surface area contributed by atoms with Crippen LogP contribution < -0.4 is 5.32 Å². The molecule has 0 amide bonds. The zero-order valence-corrected chi connectivity index (χ0v) is 10.2. The molecule has 0 aliphatic carbocycles. The molecule has 0 spiro atoms. The SMILES string of the molecule is Fc1ccc(CNCC2CCSCC2)cc1. The highest BCUT2D eigenvalue weighted by molar-refractivity contribution is 7.99. The molecule has 88 valence electrons. The van der Waals surface area contributed by atoms with Gasteiger partial charge in [0.1, 0.15) is 5.82 Å². The second-order valence-electron chi connectivity index (χ2n) is 4.31. The molecule has 1 saturated heterocycles. The van der Waals surface area contributed by atoms with Crippen LogP contribution in [0.3, 0.4) is 0 Å². The number of nitrogens with one attached hydrogen (secondary N) is 1. The third-order valence-corrected chi connectivity index (χ3v) is 4.07. The Bertz CT molecular complexity index is 306. The van der Waals surface area contributed by atoms with Gasteiger partial charge < -0.3 is 5.32 Å². The molecule has 0 bridgehead atoms. The Labute approximate surface area is 101 Å². The third kappa shape index (κ3) is 3.80. The Hall–Kier alpha value is -0.540. The normalized spacial score (nSPS) is 17.6. The molecular weight excluding hydrogens is 221 g/mol. The van der Waals surface area contributed by atoms with E-state index in [1.54, 1.807) is 0 Å². The van der Waals surface area contributed by atoms with E-state index in [4.69, 9.17) is 0 Å². The van der Waals surface area contributed by atoms with Gasteiger partial charge in [0.25, 0.3) is 0 Å². The van der Waals surface area contributed by atoms with Gasteiger partial charge in [-0.3, -0.25) is 0 Å². The van der Waals surface area contributed by atoms with Gasteiger partial charge >= 0.3 is 0 Å². The summed E-state index contributed by atoms with van der Waals surface area (Å²) in [5.41, 5.74) is 1.16. The number of hydrogen-bond acceptors (Lipinski definition) is 2. The summed E-state index contributed by atoms with van der Waals surface area (Å²) in [5.74, 6) is 3.29. The minimum atomic E-state index is -0.159. The predicted molar refractivity (Wildman–Crippen MR) is 68.2 cm³/mol. The number of halogens is 1. The second-order valence-corrected chi connectivity index (χ2v) is 5.54. The van der Waals surface area contributed by atoms with Gasteiger partial charge in [0, 0.05) is 6.54 Å². The molecule has 0 radical (unpaired) electrons. The van der Waals surface area contributed by atoms with Crippen molar-refractivity contribution in [2.24, 2.45) is 5.92 Å². The molecule has 1 aromatic rings. The molecule has 0 saturated carbocycles. The largest absolute Gasteiger partial charge is 0.312 e. The quantitative estimate of drug-likeness (QED) is 0.866. The summed E-state index contributed by atoms with van der Waals surface area (Å²) in [6.07, 6.45) is 2.67. The Morgan fingerprint density at radius 1 is 1.19 bits per heavy atom. The maximum Gasteiger partial charge on any atom is 0.123 e. The summed E-state index contributed by atoms with van der Waals surface area (Å²) in [4.78, 5) is 0. The molecule has 1 aromatic carbocycles. The molecule has 16 heavy (non-hydrogen) atoms. The fraction of sp³-hybridized carbons (Fsp3) is 0.538. The number of thioether (sulfide) groups is 1. The Morgan fingerprint density at radius 2 is 1.88 bits per heavy atom. The number of rotatable bonds is 4. The van der Waals surface area contributed by atoms with Crippen molar-refractivity contribution >= 4 is 11.8 Å². The highest BCUT2D eigenvalue weighted by atomic mass is 32.2. The van der Waals surface area contributed by atoms with E-state index in [9.17, 15) is 4.39 Å². The Balaban J connectivity index is 1.69. The summed E-state index contributed by atoms with van der Waals surface area (Å²) >= 11 is 2.06. The lowest BCUT2D eigenvalue weighted by atomic mass is 10.0. The molecule has 1 N–H and O–H groups in total. The lowest BCUT2D eigenvalue weighted by molar-refractivity contribution is 0.447. The van der Waals surface area contributed by atoms with Crippen LogP contribution in [0, 0.1) is 11.7 Å². The van der Waals surface area contributed by atoms with Crippen molar-refractivity contribution in [3.8, 4) is 0 Å². The maximum atomic E-state index is 12.7. The van der Waals surface area contributed by atoms with Crippen molar-refractivity contribution in [3.63, 3.8) is 0 Å². The van der Waals surface area contributed by atoms with Gasteiger partial charge in [-0.1, -0.05) is 12.1 Å². The van der Waals surface area contributed by atoms with E-state index in [2.05, 4.69) is 17.1 Å². The predicted octanol–water partition coefficient (Wildman–Crippen LogP) is 3.06. The van der Waals surface area contributed by atoms with Crippen LogP contribution in [0.1, 0.15) is 18.4 Å². The van der Waals surface area contributed by atoms with Crippen LogP contribution in [0.5, 0.6) is 0 Å². The average molecular weight is 239 g/mol. The van der Waals surface area contributed by atoms with E-state index in [0.29, 0.717) is 0 Å². The summed E-state index contributed by atoms with van der Waals surface area (Å²) < 4.78 is 12.7. The molecule has 3 heteroatoms. The highest BCUT2D eigenvalue weighted by Crippen LogP contribution is 2.21. The molecule has 0 unspecified atom stereocenters. The lowest BCUT2D eigenvalue weighted by Gasteiger charge is -2.21.